The van der Waals surface area contributed by atoms with Crippen molar-refractivity contribution in [3.05, 3.63) is 46.2 Å². The molecule has 17 heavy (non-hydrogen) atoms. The average Bonchev–Trinajstić information content (AvgIpc) is 2.82. The maximum Gasteiger partial charge on any atom is 0.311 e. The van der Waals surface area contributed by atoms with Crippen molar-refractivity contribution in [1.82, 2.24) is 4.98 Å². The van der Waals surface area contributed by atoms with Crippen LogP contribution in [0.25, 0.3) is 5.57 Å². The van der Waals surface area contributed by atoms with E-state index in [1.54, 1.807) is 6.07 Å². The highest BCUT2D eigenvalue weighted by molar-refractivity contribution is 5.77. The highest BCUT2D eigenvalue weighted by atomic mass is 16.6. The minimum atomic E-state index is -0.579. The lowest BCUT2D eigenvalue weighted by Gasteiger charge is -2.04. The summed E-state index contributed by atoms with van der Waals surface area (Å²) >= 11 is 0. The number of pyridine rings is 1. The Hall–Kier alpha value is -2.50. The van der Waals surface area contributed by atoms with Crippen LogP contribution in [0, 0.1) is 10.1 Å². The van der Waals surface area contributed by atoms with Crippen molar-refractivity contribution in [2.75, 3.05) is 5.32 Å². The van der Waals surface area contributed by atoms with Gasteiger partial charge in [0.25, 0.3) is 0 Å². The summed E-state index contributed by atoms with van der Waals surface area (Å²) in [6.45, 7) is 0. The molecule has 1 amide bonds. The van der Waals surface area contributed by atoms with E-state index in [-0.39, 0.29) is 11.5 Å². The fraction of sp³-hybridized carbons (Fsp3) is 0.0909. The molecule has 0 atom stereocenters. The third kappa shape index (κ3) is 2.20. The first-order valence-electron chi connectivity index (χ1n) is 4.94. The van der Waals surface area contributed by atoms with Gasteiger partial charge >= 0.3 is 5.69 Å². The van der Waals surface area contributed by atoms with Crippen LogP contribution in [0.15, 0.2) is 30.4 Å². The number of rotatable bonds is 4. The summed E-state index contributed by atoms with van der Waals surface area (Å²) in [5.74, 6) is -0.0321. The summed E-state index contributed by atoms with van der Waals surface area (Å²) < 4.78 is 0. The molecule has 0 fully saturated rings. The van der Waals surface area contributed by atoms with E-state index in [4.69, 9.17) is 0 Å². The summed E-state index contributed by atoms with van der Waals surface area (Å²) in [7, 11) is 0. The molecule has 6 nitrogen and oxygen atoms in total. The highest BCUT2D eigenvalue weighted by Crippen LogP contribution is 2.27. The normalized spacial score (nSPS) is 13.3. The van der Waals surface area contributed by atoms with Crippen molar-refractivity contribution < 1.29 is 9.72 Å². The van der Waals surface area contributed by atoms with Crippen molar-refractivity contribution in [2.45, 2.75) is 6.42 Å². The Bertz CT molecular complexity index is 535. The third-order valence-electron chi connectivity index (χ3n) is 2.37. The molecule has 0 bridgehead atoms. The topological polar surface area (TPSA) is 85.1 Å². The number of carbonyl (C=O) groups excluding carboxylic acids is 1. The molecule has 0 unspecified atom stereocenters. The number of hydrogen-bond donors (Lipinski definition) is 1. The summed E-state index contributed by atoms with van der Waals surface area (Å²) in [6, 6.07) is 2.92. The van der Waals surface area contributed by atoms with E-state index in [1.807, 2.05) is 18.2 Å². The molecule has 2 rings (SSSR count). The zero-order valence-electron chi connectivity index (χ0n) is 8.79. The highest BCUT2D eigenvalue weighted by Gasteiger charge is 2.17. The molecule has 0 spiro atoms. The van der Waals surface area contributed by atoms with Gasteiger partial charge in [0.15, 0.2) is 0 Å². The molecule has 1 aliphatic carbocycles. The third-order valence-corrected chi connectivity index (χ3v) is 2.37. The van der Waals surface area contributed by atoms with E-state index < -0.39 is 4.92 Å². The SMILES string of the molecule is O=CNc1nc(C2=CC=CC2)ccc1[N+](=O)[O-]. The second-order valence-electron chi connectivity index (χ2n) is 3.41. The van der Waals surface area contributed by atoms with Gasteiger partial charge in [-0.05, 0) is 18.1 Å². The lowest BCUT2D eigenvalue weighted by Crippen LogP contribution is -2.03. The molecule has 86 valence electrons. The predicted octanol–water partition coefficient (Wildman–Crippen LogP) is 1.90. The monoisotopic (exact) mass is 231 g/mol. The van der Waals surface area contributed by atoms with E-state index in [1.165, 1.54) is 6.07 Å². The fourth-order valence-corrected chi connectivity index (χ4v) is 1.58. The molecule has 0 saturated heterocycles. The zero-order valence-corrected chi connectivity index (χ0v) is 8.79. The number of anilines is 1. The molecule has 1 aliphatic rings. The van der Waals surface area contributed by atoms with E-state index in [2.05, 4.69) is 10.3 Å². The Morgan fingerprint density at radius 2 is 2.29 bits per heavy atom. The molecule has 6 heteroatoms. The lowest BCUT2D eigenvalue weighted by atomic mass is 10.1. The van der Waals surface area contributed by atoms with Crippen LogP contribution in [-0.2, 0) is 4.79 Å². The van der Waals surface area contributed by atoms with Crippen LogP contribution in [0.1, 0.15) is 12.1 Å². The molecule has 1 N–H and O–H groups in total. The second-order valence-corrected chi connectivity index (χ2v) is 3.41. The van der Waals surface area contributed by atoms with Gasteiger partial charge in [0, 0.05) is 6.07 Å². The Kier molecular flexibility index (Phi) is 2.95. The van der Waals surface area contributed by atoms with Crippen molar-refractivity contribution in [1.29, 1.82) is 0 Å². The number of carbonyl (C=O) groups is 1. The number of nitrogens with zero attached hydrogens (tertiary/aromatic N) is 2. The second kappa shape index (κ2) is 4.56. The van der Waals surface area contributed by atoms with Crippen molar-refractivity contribution in [2.24, 2.45) is 0 Å². The van der Waals surface area contributed by atoms with Crippen molar-refractivity contribution in [3.8, 4) is 0 Å². The largest absolute Gasteiger partial charge is 0.311 e. The Balaban J connectivity index is 2.41. The molecule has 1 aromatic rings. The molecular formula is C11H9N3O3. The summed E-state index contributed by atoms with van der Waals surface area (Å²) in [6.07, 6.45) is 6.86. The average molecular weight is 231 g/mol. The van der Waals surface area contributed by atoms with Gasteiger partial charge in [0.2, 0.25) is 12.2 Å². The zero-order chi connectivity index (χ0) is 12.3. The molecular weight excluding hydrogens is 222 g/mol. The molecule has 0 aliphatic heterocycles. The van der Waals surface area contributed by atoms with Gasteiger partial charge in [-0.15, -0.1) is 0 Å². The number of aromatic nitrogens is 1. The summed E-state index contributed by atoms with van der Waals surface area (Å²) in [5.41, 5.74) is 1.38. The standard InChI is InChI=1S/C11H9N3O3/c15-7-12-11-10(14(16)17)6-5-9(13-11)8-3-1-2-4-8/h1-3,5-7H,4H2,(H,12,13,15). The van der Waals surface area contributed by atoms with Gasteiger partial charge in [0.05, 0.1) is 10.6 Å². The van der Waals surface area contributed by atoms with Gasteiger partial charge in [-0.1, -0.05) is 18.2 Å². The number of hydrogen-bond acceptors (Lipinski definition) is 4. The molecule has 1 aromatic heterocycles. The number of allylic oxidation sites excluding steroid dienone is 4. The molecule has 1 heterocycles. The number of amides is 1. The Morgan fingerprint density at radius 3 is 2.88 bits per heavy atom. The first-order chi connectivity index (χ1) is 8.22. The quantitative estimate of drug-likeness (QED) is 0.487. The van der Waals surface area contributed by atoms with E-state index in [0.717, 1.165) is 12.0 Å². The van der Waals surface area contributed by atoms with Crippen LogP contribution in [-0.4, -0.2) is 16.3 Å². The smallest absolute Gasteiger partial charge is 0.308 e. The van der Waals surface area contributed by atoms with Gasteiger partial charge in [-0.2, -0.15) is 0 Å². The van der Waals surface area contributed by atoms with E-state index in [9.17, 15) is 14.9 Å². The van der Waals surface area contributed by atoms with Crippen LogP contribution in [0.4, 0.5) is 11.5 Å². The van der Waals surface area contributed by atoms with Gasteiger partial charge in [0.1, 0.15) is 0 Å². The van der Waals surface area contributed by atoms with Gasteiger partial charge in [-0.3, -0.25) is 14.9 Å². The number of nitro groups is 1. The van der Waals surface area contributed by atoms with Crippen LogP contribution in [0.2, 0.25) is 0 Å². The first kappa shape index (κ1) is 11.0. The molecule has 0 saturated carbocycles. The van der Waals surface area contributed by atoms with Gasteiger partial charge < -0.3 is 5.32 Å². The predicted molar refractivity (Wildman–Crippen MR) is 62.3 cm³/mol. The van der Waals surface area contributed by atoms with E-state index in [0.29, 0.717) is 12.1 Å². The molecule has 0 aromatic carbocycles. The van der Waals surface area contributed by atoms with Gasteiger partial charge in [-0.25, -0.2) is 4.98 Å². The maximum absolute atomic E-state index is 10.7. The minimum absolute atomic E-state index is 0.0321. The van der Waals surface area contributed by atoms with Crippen molar-refractivity contribution >= 4 is 23.5 Å². The van der Waals surface area contributed by atoms with Crippen LogP contribution in [0.5, 0.6) is 0 Å². The van der Waals surface area contributed by atoms with Crippen molar-refractivity contribution in [3.63, 3.8) is 0 Å². The minimum Gasteiger partial charge on any atom is -0.308 e. The van der Waals surface area contributed by atoms with Crippen LogP contribution in [0.3, 0.4) is 0 Å². The summed E-state index contributed by atoms with van der Waals surface area (Å²) in [5, 5.41) is 13.0. The summed E-state index contributed by atoms with van der Waals surface area (Å²) in [4.78, 5) is 24.6. The number of nitrogens with one attached hydrogen (secondary N) is 1. The molecule has 0 radical (unpaired) electrons. The van der Waals surface area contributed by atoms with Crippen LogP contribution >= 0.6 is 0 Å². The Morgan fingerprint density at radius 1 is 1.47 bits per heavy atom. The lowest BCUT2D eigenvalue weighted by molar-refractivity contribution is -0.384. The van der Waals surface area contributed by atoms with E-state index >= 15 is 0 Å². The fourth-order valence-electron chi connectivity index (χ4n) is 1.58. The first-order valence-corrected chi connectivity index (χ1v) is 4.94. The van der Waals surface area contributed by atoms with Crippen LogP contribution < -0.4 is 5.32 Å². The maximum atomic E-state index is 10.7. The Labute approximate surface area is 96.8 Å².